The monoisotopic (exact) mass is 424 g/mol. The first-order chi connectivity index (χ1) is 14.3. The molecule has 3 rings (SSSR count). The van der Waals surface area contributed by atoms with Crippen LogP contribution >= 0.6 is 12.2 Å². The van der Waals surface area contributed by atoms with E-state index in [4.69, 9.17) is 12.2 Å². The maximum absolute atomic E-state index is 12.1. The topological polar surface area (TPSA) is 113 Å². The van der Waals surface area contributed by atoms with E-state index in [9.17, 15) is 19.7 Å². The van der Waals surface area contributed by atoms with Crippen molar-refractivity contribution >= 4 is 52.3 Å². The molecule has 0 bridgehead atoms. The summed E-state index contributed by atoms with van der Waals surface area (Å²) >= 11 is 5.19. The summed E-state index contributed by atoms with van der Waals surface area (Å²) in [4.78, 5) is 34.4. The average molecular weight is 424 g/mol. The molecule has 1 saturated carbocycles. The Bertz CT molecular complexity index is 1050. The molecule has 0 spiro atoms. The number of benzene rings is 2. The van der Waals surface area contributed by atoms with Crippen molar-refractivity contribution in [1.29, 1.82) is 0 Å². The van der Waals surface area contributed by atoms with Gasteiger partial charge in [-0.3, -0.25) is 25.0 Å². The molecule has 2 aromatic carbocycles. The Balaban J connectivity index is 1.58. The van der Waals surface area contributed by atoms with Gasteiger partial charge >= 0.3 is 0 Å². The molecule has 30 heavy (non-hydrogen) atoms. The number of amides is 2. The lowest BCUT2D eigenvalue weighted by atomic mass is 10.1. The fraction of sp³-hybridized carbons (Fsp3) is 0.190. The highest BCUT2D eigenvalue weighted by Gasteiger charge is 2.29. The molecule has 0 aromatic heterocycles. The van der Waals surface area contributed by atoms with Crippen LogP contribution in [0.3, 0.4) is 0 Å². The first kappa shape index (κ1) is 21.1. The summed E-state index contributed by atoms with van der Waals surface area (Å²) in [5, 5.41) is 19.3. The molecule has 0 radical (unpaired) electrons. The summed E-state index contributed by atoms with van der Waals surface area (Å²) in [5.74, 6) is -0.369. The van der Waals surface area contributed by atoms with E-state index in [0.717, 1.165) is 18.4 Å². The van der Waals surface area contributed by atoms with Crippen LogP contribution in [0.15, 0.2) is 48.5 Å². The van der Waals surface area contributed by atoms with Gasteiger partial charge in [-0.1, -0.05) is 18.2 Å². The van der Waals surface area contributed by atoms with E-state index in [0.29, 0.717) is 16.9 Å². The van der Waals surface area contributed by atoms with E-state index >= 15 is 0 Å². The highest BCUT2D eigenvalue weighted by molar-refractivity contribution is 7.80. The third-order valence-corrected chi connectivity index (χ3v) is 4.74. The van der Waals surface area contributed by atoms with Gasteiger partial charge < -0.3 is 10.6 Å². The second kappa shape index (κ2) is 9.27. The number of nitrogens with one attached hydrogen (secondary N) is 3. The Hall–Kier alpha value is -3.59. The van der Waals surface area contributed by atoms with Gasteiger partial charge in [0.1, 0.15) is 0 Å². The van der Waals surface area contributed by atoms with Gasteiger partial charge in [0.25, 0.3) is 5.69 Å². The molecule has 2 aromatic rings. The third-order valence-electron chi connectivity index (χ3n) is 4.53. The van der Waals surface area contributed by atoms with Gasteiger partial charge in [-0.2, -0.15) is 0 Å². The minimum absolute atomic E-state index is 0.0115. The fourth-order valence-electron chi connectivity index (χ4n) is 2.71. The molecule has 8 nitrogen and oxygen atoms in total. The van der Waals surface area contributed by atoms with E-state index < -0.39 is 10.8 Å². The van der Waals surface area contributed by atoms with Gasteiger partial charge in [0.2, 0.25) is 11.8 Å². The molecule has 0 atom stereocenters. The van der Waals surface area contributed by atoms with Gasteiger partial charge in [0, 0.05) is 35.5 Å². The first-order valence-electron chi connectivity index (χ1n) is 9.28. The number of carbonyl (C=O) groups excluding carboxylic acids is 2. The van der Waals surface area contributed by atoms with Crippen LogP contribution in [0.5, 0.6) is 0 Å². The fourth-order valence-corrected chi connectivity index (χ4v) is 2.92. The molecular weight excluding hydrogens is 404 g/mol. The van der Waals surface area contributed by atoms with Crippen molar-refractivity contribution in [3.8, 4) is 0 Å². The standard InChI is InChI=1S/C21H20N4O4S/c1-13-17(22-20(27)15-9-10-15)6-3-7-18(13)23-21(30)24-19(26)11-8-14-4-2-5-16(12-14)25(28)29/h2-8,11-12,15H,9-10H2,1H3,(H,22,27)(H2,23,24,26,30)/b11-8+. The van der Waals surface area contributed by atoms with Gasteiger partial charge in [0.15, 0.2) is 5.11 Å². The summed E-state index contributed by atoms with van der Waals surface area (Å²) in [7, 11) is 0. The number of nitrogens with zero attached hydrogens (tertiary/aromatic N) is 1. The molecule has 154 valence electrons. The van der Waals surface area contributed by atoms with Crippen LogP contribution in [0, 0.1) is 23.0 Å². The van der Waals surface area contributed by atoms with Crippen LogP contribution in [0.25, 0.3) is 6.08 Å². The minimum Gasteiger partial charge on any atom is -0.332 e. The van der Waals surface area contributed by atoms with Crippen molar-refractivity contribution in [3.05, 3.63) is 69.8 Å². The largest absolute Gasteiger partial charge is 0.332 e. The Morgan fingerprint density at radius 1 is 1.13 bits per heavy atom. The molecule has 1 aliphatic carbocycles. The van der Waals surface area contributed by atoms with E-state index in [2.05, 4.69) is 16.0 Å². The van der Waals surface area contributed by atoms with Crippen molar-refractivity contribution in [1.82, 2.24) is 5.32 Å². The summed E-state index contributed by atoms with van der Waals surface area (Å²) in [6.45, 7) is 1.84. The molecule has 1 fully saturated rings. The van der Waals surface area contributed by atoms with E-state index in [-0.39, 0.29) is 22.6 Å². The van der Waals surface area contributed by atoms with E-state index in [1.807, 2.05) is 13.0 Å². The predicted molar refractivity (Wildman–Crippen MR) is 119 cm³/mol. The Kier molecular flexibility index (Phi) is 6.53. The zero-order valence-electron chi connectivity index (χ0n) is 16.2. The lowest BCUT2D eigenvalue weighted by molar-refractivity contribution is -0.384. The summed E-state index contributed by atoms with van der Waals surface area (Å²) in [6, 6.07) is 11.3. The number of carbonyl (C=O) groups is 2. The highest BCUT2D eigenvalue weighted by Crippen LogP contribution is 2.31. The molecule has 1 aliphatic rings. The summed E-state index contributed by atoms with van der Waals surface area (Å²) in [5.41, 5.74) is 2.62. The number of anilines is 2. The lowest BCUT2D eigenvalue weighted by Gasteiger charge is -2.14. The average Bonchev–Trinajstić information content (AvgIpc) is 3.55. The van der Waals surface area contributed by atoms with Gasteiger partial charge in [-0.05, 0) is 61.3 Å². The first-order valence-corrected chi connectivity index (χ1v) is 9.69. The van der Waals surface area contributed by atoms with Crippen molar-refractivity contribution in [2.24, 2.45) is 5.92 Å². The Morgan fingerprint density at radius 2 is 1.80 bits per heavy atom. The SMILES string of the molecule is Cc1c(NC(=O)C2CC2)cccc1NC(=S)NC(=O)/C=C/c1cccc([N+](=O)[O-])c1. The number of hydrogen-bond donors (Lipinski definition) is 3. The van der Waals surface area contributed by atoms with E-state index in [1.165, 1.54) is 24.3 Å². The number of nitro benzene ring substituents is 1. The van der Waals surface area contributed by atoms with Crippen LogP contribution in [-0.4, -0.2) is 21.9 Å². The Morgan fingerprint density at radius 3 is 2.47 bits per heavy atom. The lowest BCUT2D eigenvalue weighted by Crippen LogP contribution is -2.33. The van der Waals surface area contributed by atoms with Crippen molar-refractivity contribution in [2.45, 2.75) is 19.8 Å². The third kappa shape index (κ3) is 5.71. The zero-order valence-corrected chi connectivity index (χ0v) is 17.0. The molecule has 0 heterocycles. The normalized spacial score (nSPS) is 13.0. The smallest absolute Gasteiger partial charge is 0.270 e. The van der Waals surface area contributed by atoms with Crippen molar-refractivity contribution in [3.63, 3.8) is 0 Å². The molecule has 0 aliphatic heterocycles. The predicted octanol–water partition coefficient (Wildman–Crippen LogP) is 3.78. The summed E-state index contributed by atoms with van der Waals surface area (Å²) < 4.78 is 0. The maximum atomic E-state index is 12.1. The zero-order chi connectivity index (χ0) is 21.7. The van der Waals surface area contributed by atoms with Gasteiger partial charge in [-0.15, -0.1) is 0 Å². The number of non-ortho nitro benzene ring substituents is 1. The van der Waals surface area contributed by atoms with Crippen LogP contribution < -0.4 is 16.0 Å². The quantitative estimate of drug-likeness (QED) is 0.281. The molecule has 3 N–H and O–H groups in total. The van der Waals surface area contributed by atoms with Crippen LogP contribution in [0.1, 0.15) is 24.0 Å². The van der Waals surface area contributed by atoms with Crippen LogP contribution in [0.4, 0.5) is 17.1 Å². The second-order valence-electron chi connectivity index (χ2n) is 6.87. The van der Waals surface area contributed by atoms with Crippen molar-refractivity contribution in [2.75, 3.05) is 10.6 Å². The Labute approximate surface area is 178 Å². The highest BCUT2D eigenvalue weighted by atomic mass is 32.1. The second-order valence-corrected chi connectivity index (χ2v) is 7.28. The molecule has 2 amide bonds. The van der Waals surface area contributed by atoms with Crippen LogP contribution in [-0.2, 0) is 9.59 Å². The molecule has 0 saturated heterocycles. The van der Waals surface area contributed by atoms with Crippen molar-refractivity contribution < 1.29 is 14.5 Å². The molecule has 9 heteroatoms. The van der Waals surface area contributed by atoms with E-state index in [1.54, 1.807) is 24.3 Å². The maximum Gasteiger partial charge on any atom is 0.270 e. The number of hydrogen-bond acceptors (Lipinski definition) is 5. The summed E-state index contributed by atoms with van der Waals surface area (Å²) in [6.07, 6.45) is 4.54. The molecular formula is C21H20N4O4S. The van der Waals surface area contributed by atoms with Gasteiger partial charge in [-0.25, -0.2) is 0 Å². The number of rotatable bonds is 6. The number of thiocarbonyl (C=S) groups is 1. The van der Waals surface area contributed by atoms with Crippen LogP contribution in [0.2, 0.25) is 0 Å². The minimum atomic E-state index is -0.500. The van der Waals surface area contributed by atoms with Gasteiger partial charge in [0.05, 0.1) is 4.92 Å². The number of nitro groups is 1. The molecule has 0 unspecified atom stereocenters.